The van der Waals surface area contributed by atoms with Gasteiger partial charge in [-0.15, -0.1) is 0 Å². The first kappa shape index (κ1) is 17.9. The van der Waals surface area contributed by atoms with E-state index in [1.807, 2.05) is 0 Å². The molecule has 2 fully saturated rings. The third-order valence-corrected chi connectivity index (χ3v) is 5.66. The summed E-state index contributed by atoms with van der Waals surface area (Å²) in [7, 11) is -3.37. The topological polar surface area (TPSA) is 117 Å². The van der Waals surface area contributed by atoms with Gasteiger partial charge >= 0.3 is 5.97 Å². The van der Waals surface area contributed by atoms with Gasteiger partial charge < -0.3 is 14.4 Å². The van der Waals surface area contributed by atoms with Crippen LogP contribution < -0.4 is 4.72 Å². The van der Waals surface area contributed by atoms with Crippen LogP contribution in [0.3, 0.4) is 0 Å². The van der Waals surface area contributed by atoms with Crippen molar-refractivity contribution < 1.29 is 27.5 Å². The molecule has 1 aromatic heterocycles. The lowest BCUT2D eigenvalue weighted by Gasteiger charge is -2.32. The van der Waals surface area contributed by atoms with E-state index in [9.17, 15) is 23.1 Å². The summed E-state index contributed by atoms with van der Waals surface area (Å²) in [5, 5.41) is 9.50. The highest BCUT2D eigenvalue weighted by Gasteiger charge is 2.48. The number of carbonyl (C=O) groups excluding carboxylic acids is 1. The van der Waals surface area contributed by atoms with Crippen LogP contribution in [0.2, 0.25) is 0 Å². The summed E-state index contributed by atoms with van der Waals surface area (Å²) < 4.78 is 30.0. The molecule has 2 aliphatic rings. The molecule has 2 heterocycles. The number of hydrogen-bond acceptors (Lipinski definition) is 5. The van der Waals surface area contributed by atoms with Crippen LogP contribution in [-0.4, -0.2) is 48.6 Å². The molecule has 3 unspecified atom stereocenters. The molecule has 0 radical (unpaired) electrons. The summed E-state index contributed by atoms with van der Waals surface area (Å²) in [6.45, 7) is -0.0550. The molecule has 3 atom stereocenters. The van der Waals surface area contributed by atoms with Gasteiger partial charge in [0.2, 0.25) is 10.0 Å². The molecule has 0 aromatic carbocycles. The first-order valence-corrected chi connectivity index (χ1v) is 10.2. The third-order valence-electron chi connectivity index (χ3n) is 4.99. The van der Waals surface area contributed by atoms with Crippen LogP contribution in [0, 0.1) is 5.92 Å². The normalized spacial score (nSPS) is 26.4. The van der Waals surface area contributed by atoms with Gasteiger partial charge in [0.15, 0.2) is 5.76 Å². The van der Waals surface area contributed by atoms with E-state index >= 15 is 0 Å². The quantitative estimate of drug-likeness (QED) is 0.804. The SMILES string of the molecule is CS(=O)(=O)NCc1ccc(C(=O)N2C(C(=O)O)CC3CCCCC32)o1. The largest absolute Gasteiger partial charge is 0.480 e. The molecular formula is C16H22N2O6S. The molecule has 1 saturated heterocycles. The number of fused-ring (bicyclic) bond motifs is 1. The van der Waals surface area contributed by atoms with Crippen LogP contribution in [0.15, 0.2) is 16.5 Å². The maximum atomic E-state index is 12.9. The zero-order valence-corrected chi connectivity index (χ0v) is 14.8. The Labute approximate surface area is 146 Å². The number of furan rings is 1. The molecule has 3 rings (SSSR count). The van der Waals surface area contributed by atoms with Gasteiger partial charge in [-0.1, -0.05) is 12.8 Å². The van der Waals surface area contributed by atoms with Crippen molar-refractivity contribution in [3.05, 3.63) is 23.7 Å². The zero-order valence-electron chi connectivity index (χ0n) is 14.0. The standard InChI is InChI=1S/C16H22N2O6S/c1-25(22,23)17-9-11-6-7-14(24-11)15(19)18-12-5-3-2-4-10(12)8-13(18)16(20)21/h6-7,10,12-13,17H,2-5,8-9H2,1H3,(H,20,21). The molecule has 1 aromatic rings. The van der Waals surface area contributed by atoms with Crippen molar-refractivity contribution in [2.75, 3.05) is 6.26 Å². The Bertz CT molecular complexity index is 771. The van der Waals surface area contributed by atoms with Crippen LogP contribution >= 0.6 is 0 Å². The fourth-order valence-corrected chi connectivity index (χ4v) is 4.29. The van der Waals surface area contributed by atoms with E-state index in [1.54, 1.807) is 0 Å². The highest BCUT2D eigenvalue weighted by atomic mass is 32.2. The van der Waals surface area contributed by atoms with Gasteiger partial charge in [-0.3, -0.25) is 4.79 Å². The van der Waals surface area contributed by atoms with Crippen LogP contribution in [0.4, 0.5) is 0 Å². The van der Waals surface area contributed by atoms with Crippen LogP contribution in [0.5, 0.6) is 0 Å². The Hall–Kier alpha value is -1.87. The van der Waals surface area contributed by atoms with Crippen molar-refractivity contribution in [2.45, 2.75) is 50.7 Å². The van der Waals surface area contributed by atoms with Gasteiger partial charge in [-0.2, -0.15) is 0 Å². The number of carboxylic acids is 1. The van der Waals surface area contributed by atoms with E-state index in [0.29, 0.717) is 12.2 Å². The van der Waals surface area contributed by atoms with E-state index in [-0.39, 0.29) is 24.3 Å². The first-order chi connectivity index (χ1) is 11.8. The summed E-state index contributed by atoms with van der Waals surface area (Å²) in [5.41, 5.74) is 0. The number of amides is 1. The smallest absolute Gasteiger partial charge is 0.326 e. The molecule has 9 heteroatoms. The molecule has 1 amide bonds. The third kappa shape index (κ3) is 3.87. The highest BCUT2D eigenvalue weighted by Crippen LogP contribution is 2.40. The Morgan fingerprint density at radius 1 is 1.32 bits per heavy atom. The number of nitrogens with one attached hydrogen (secondary N) is 1. The number of carbonyl (C=O) groups is 2. The lowest BCUT2D eigenvalue weighted by molar-refractivity contribution is -0.141. The van der Waals surface area contributed by atoms with Crippen LogP contribution in [-0.2, 0) is 21.4 Å². The zero-order chi connectivity index (χ0) is 18.2. The molecular weight excluding hydrogens is 348 g/mol. The Morgan fingerprint density at radius 3 is 2.72 bits per heavy atom. The Kier molecular flexibility index (Phi) is 4.88. The van der Waals surface area contributed by atoms with E-state index in [4.69, 9.17) is 4.42 Å². The molecule has 8 nitrogen and oxygen atoms in total. The monoisotopic (exact) mass is 370 g/mol. The van der Waals surface area contributed by atoms with E-state index in [2.05, 4.69) is 4.72 Å². The highest BCUT2D eigenvalue weighted by molar-refractivity contribution is 7.88. The van der Waals surface area contributed by atoms with Gasteiger partial charge in [0, 0.05) is 6.04 Å². The van der Waals surface area contributed by atoms with E-state index < -0.39 is 27.9 Å². The molecule has 138 valence electrons. The summed E-state index contributed by atoms with van der Waals surface area (Å²) in [6, 6.07) is 2.10. The van der Waals surface area contributed by atoms with Crippen LogP contribution in [0.1, 0.15) is 48.4 Å². The number of aliphatic carboxylic acids is 1. The average molecular weight is 370 g/mol. The summed E-state index contributed by atoms with van der Waals surface area (Å²) in [5.74, 6) is -0.858. The molecule has 0 spiro atoms. The molecule has 1 aliphatic carbocycles. The Morgan fingerprint density at radius 2 is 2.04 bits per heavy atom. The minimum absolute atomic E-state index is 0.0442. The second-order valence-corrected chi connectivity index (χ2v) is 8.61. The van der Waals surface area contributed by atoms with Crippen molar-refractivity contribution in [3.63, 3.8) is 0 Å². The number of nitrogens with zero attached hydrogens (tertiary/aromatic N) is 1. The lowest BCUT2D eigenvalue weighted by atomic mass is 9.84. The molecule has 1 saturated carbocycles. The van der Waals surface area contributed by atoms with Gasteiger partial charge in [-0.25, -0.2) is 17.9 Å². The van der Waals surface area contributed by atoms with E-state index in [0.717, 1.165) is 31.9 Å². The van der Waals surface area contributed by atoms with Gasteiger partial charge in [0.05, 0.1) is 12.8 Å². The number of carboxylic acid groups (broad SMARTS) is 1. The van der Waals surface area contributed by atoms with Crippen molar-refractivity contribution in [1.29, 1.82) is 0 Å². The summed E-state index contributed by atoms with van der Waals surface area (Å²) >= 11 is 0. The fourth-order valence-electron chi connectivity index (χ4n) is 3.89. The number of sulfonamides is 1. The fraction of sp³-hybridized carbons (Fsp3) is 0.625. The molecule has 0 bridgehead atoms. The molecule has 2 N–H and O–H groups in total. The predicted molar refractivity (Wildman–Crippen MR) is 88.3 cm³/mol. The Balaban J connectivity index is 1.78. The van der Waals surface area contributed by atoms with Gasteiger partial charge in [0.25, 0.3) is 5.91 Å². The first-order valence-electron chi connectivity index (χ1n) is 8.35. The minimum atomic E-state index is -3.37. The second kappa shape index (κ2) is 6.80. The van der Waals surface area contributed by atoms with Crippen molar-refractivity contribution in [1.82, 2.24) is 9.62 Å². The maximum Gasteiger partial charge on any atom is 0.326 e. The van der Waals surface area contributed by atoms with Crippen molar-refractivity contribution >= 4 is 21.9 Å². The van der Waals surface area contributed by atoms with Crippen LogP contribution in [0.25, 0.3) is 0 Å². The number of hydrogen-bond donors (Lipinski definition) is 2. The van der Waals surface area contributed by atoms with Crippen molar-refractivity contribution in [3.8, 4) is 0 Å². The molecule has 1 aliphatic heterocycles. The second-order valence-electron chi connectivity index (χ2n) is 6.77. The minimum Gasteiger partial charge on any atom is -0.480 e. The molecule has 25 heavy (non-hydrogen) atoms. The van der Waals surface area contributed by atoms with Gasteiger partial charge in [-0.05, 0) is 37.3 Å². The average Bonchev–Trinajstić information content (AvgIpc) is 3.16. The maximum absolute atomic E-state index is 12.9. The summed E-state index contributed by atoms with van der Waals surface area (Å²) in [6.07, 6.45) is 5.32. The number of rotatable bonds is 5. The van der Waals surface area contributed by atoms with Gasteiger partial charge in [0.1, 0.15) is 11.8 Å². The van der Waals surface area contributed by atoms with E-state index in [1.165, 1.54) is 17.0 Å². The number of likely N-dealkylation sites (tertiary alicyclic amines) is 1. The lowest BCUT2D eigenvalue weighted by Crippen LogP contribution is -2.46. The van der Waals surface area contributed by atoms with Crippen molar-refractivity contribution in [2.24, 2.45) is 5.92 Å². The predicted octanol–water partition coefficient (Wildman–Crippen LogP) is 1.19. The summed E-state index contributed by atoms with van der Waals surface area (Å²) in [4.78, 5) is 25.9.